The maximum Gasteiger partial charge on any atom is 0.317 e. The Bertz CT molecular complexity index is 509. The van der Waals surface area contributed by atoms with E-state index in [-0.39, 0.29) is 5.97 Å². The average molecular weight is 264 g/mol. The minimum atomic E-state index is -0.894. The lowest BCUT2D eigenvalue weighted by atomic mass is 9.89. The molecule has 0 amide bonds. The topological polar surface area (TPSA) is 82.3 Å². The molecule has 0 fully saturated rings. The van der Waals surface area contributed by atoms with Gasteiger partial charge in [-0.3, -0.25) is 19.9 Å². The molecule has 102 valence electrons. The normalized spacial score (nSPS) is 11.5. The summed E-state index contributed by atoms with van der Waals surface area (Å²) in [6.45, 7) is 5.43. The van der Waals surface area contributed by atoms with E-state index in [1.807, 2.05) is 0 Å². The fourth-order valence-electron chi connectivity index (χ4n) is 1.45. The lowest BCUT2D eigenvalue weighted by molar-refractivity contribution is -0.401. The van der Waals surface area contributed by atoms with E-state index in [1.54, 1.807) is 39.0 Å². The second kappa shape index (κ2) is 6.08. The molecule has 0 radical (unpaired) electrons. The Balaban J connectivity index is 3.04. The summed E-state index contributed by atoms with van der Waals surface area (Å²) in [7, 11) is 0. The largest absolute Gasteiger partial charge is 0.465 e. The number of carbonyl (C=O) groups is 1. The van der Waals surface area contributed by atoms with E-state index in [9.17, 15) is 14.9 Å². The van der Waals surface area contributed by atoms with Crippen molar-refractivity contribution >= 4 is 12.0 Å². The number of pyridine rings is 1. The third-order valence-corrected chi connectivity index (χ3v) is 2.56. The van der Waals surface area contributed by atoms with Crippen molar-refractivity contribution in [3.8, 4) is 0 Å². The van der Waals surface area contributed by atoms with Crippen LogP contribution >= 0.6 is 0 Å². The summed E-state index contributed by atoms with van der Waals surface area (Å²) >= 11 is 0. The first-order valence-electron chi connectivity index (χ1n) is 5.84. The zero-order valence-electron chi connectivity index (χ0n) is 11.1. The van der Waals surface area contributed by atoms with Gasteiger partial charge in [-0.1, -0.05) is 6.07 Å². The number of nitrogens with zero attached hydrogens (tertiary/aromatic N) is 2. The third-order valence-electron chi connectivity index (χ3n) is 2.56. The van der Waals surface area contributed by atoms with Gasteiger partial charge >= 0.3 is 5.97 Å². The maximum absolute atomic E-state index is 11.9. The van der Waals surface area contributed by atoms with Crippen molar-refractivity contribution in [3.05, 3.63) is 45.9 Å². The minimum Gasteiger partial charge on any atom is -0.465 e. The molecule has 0 aliphatic heterocycles. The van der Waals surface area contributed by atoms with E-state index >= 15 is 0 Å². The Labute approximate surface area is 111 Å². The number of aromatic nitrogens is 1. The van der Waals surface area contributed by atoms with Crippen LogP contribution in [-0.2, 0) is 14.9 Å². The molecule has 1 heterocycles. The van der Waals surface area contributed by atoms with Crippen molar-refractivity contribution in [2.24, 2.45) is 0 Å². The molecular weight excluding hydrogens is 248 g/mol. The van der Waals surface area contributed by atoms with Gasteiger partial charge in [-0.05, 0) is 32.9 Å². The Hall–Kier alpha value is -2.24. The van der Waals surface area contributed by atoms with E-state index in [4.69, 9.17) is 4.74 Å². The highest BCUT2D eigenvalue weighted by molar-refractivity contribution is 5.81. The second-order valence-electron chi connectivity index (χ2n) is 4.39. The van der Waals surface area contributed by atoms with Crippen LogP contribution in [0, 0.1) is 10.1 Å². The highest BCUT2D eigenvalue weighted by Crippen LogP contribution is 2.23. The molecule has 0 aromatic carbocycles. The molecule has 1 rings (SSSR count). The molecule has 0 bridgehead atoms. The number of hydrogen-bond donors (Lipinski definition) is 0. The molecule has 19 heavy (non-hydrogen) atoms. The van der Waals surface area contributed by atoms with Gasteiger partial charge in [0.25, 0.3) is 0 Å². The quantitative estimate of drug-likeness (QED) is 0.462. The van der Waals surface area contributed by atoms with E-state index in [2.05, 4.69) is 4.98 Å². The summed E-state index contributed by atoms with van der Waals surface area (Å²) in [5.74, 6) is -0.377. The lowest BCUT2D eigenvalue weighted by Crippen LogP contribution is -2.32. The van der Waals surface area contributed by atoms with E-state index in [0.29, 0.717) is 18.0 Å². The van der Waals surface area contributed by atoms with Gasteiger partial charge < -0.3 is 4.74 Å². The fraction of sp³-hybridized carbons (Fsp3) is 0.385. The van der Waals surface area contributed by atoms with Crippen LogP contribution in [0.3, 0.4) is 0 Å². The van der Waals surface area contributed by atoms with E-state index in [0.717, 1.165) is 6.20 Å². The Kier molecular flexibility index (Phi) is 4.74. The SMILES string of the molecule is CCOC(=O)C(C)(C)c1cccc(C=C[N+](=O)[O-])n1. The van der Waals surface area contributed by atoms with Crippen molar-refractivity contribution < 1.29 is 14.5 Å². The first kappa shape index (κ1) is 14.8. The van der Waals surface area contributed by atoms with Crippen molar-refractivity contribution in [2.75, 3.05) is 6.61 Å². The molecule has 6 heteroatoms. The molecule has 0 atom stereocenters. The summed E-state index contributed by atoms with van der Waals surface area (Å²) < 4.78 is 4.99. The Morgan fingerprint density at radius 2 is 2.21 bits per heavy atom. The Morgan fingerprint density at radius 1 is 1.53 bits per heavy atom. The standard InChI is InChI=1S/C13H16N2O4/c1-4-19-12(16)13(2,3)11-7-5-6-10(14-11)8-9-15(17)18/h5-9H,4H2,1-3H3. The minimum absolute atomic E-state index is 0.295. The molecule has 0 saturated heterocycles. The van der Waals surface area contributed by atoms with Crippen LogP contribution in [0.1, 0.15) is 32.2 Å². The molecule has 0 aliphatic rings. The molecule has 0 spiro atoms. The lowest BCUT2D eigenvalue weighted by Gasteiger charge is -2.21. The first-order valence-corrected chi connectivity index (χ1v) is 5.84. The van der Waals surface area contributed by atoms with Gasteiger partial charge in [0.1, 0.15) is 5.41 Å². The predicted octanol–water partition coefficient (Wildman–Crippen LogP) is 2.17. The number of carbonyl (C=O) groups excluding carboxylic acids is 1. The first-order chi connectivity index (χ1) is 8.87. The van der Waals surface area contributed by atoms with E-state index < -0.39 is 10.3 Å². The van der Waals surface area contributed by atoms with Crippen LogP contribution in [-0.4, -0.2) is 22.5 Å². The van der Waals surface area contributed by atoms with Gasteiger partial charge in [0.15, 0.2) is 0 Å². The molecule has 1 aromatic rings. The van der Waals surface area contributed by atoms with Crippen molar-refractivity contribution in [3.63, 3.8) is 0 Å². The highest BCUT2D eigenvalue weighted by Gasteiger charge is 2.32. The van der Waals surface area contributed by atoms with Crippen molar-refractivity contribution in [1.82, 2.24) is 4.98 Å². The second-order valence-corrected chi connectivity index (χ2v) is 4.39. The summed E-state index contributed by atoms with van der Waals surface area (Å²) in [6, 6.07) is 5.02. The molecule has 0 aliphatic carbocycles. The van der Waals surface area contributed by atoms with Gasteiger partial charge in [0.2, 0.25) is 6.20 Å². The summed E-state index contributed by atoms with van der Waals surface area (Å²) in [4.78, 5) is 25.8. The summed E-state index contributed by atoms with van der Waals surface area (Å²) in [5, 5.41) is 10.3. The molecular formula is C13H16N2O4. The smallest absolute Gasteiger partial charge is 0.317 e. The summed E-state index contributed by atoms with van der Waals surface area (Å²) in [6.07, 6.45) is 2.09. The van der Waals surface area contributed by atoms with E-state index in [1.165, 1.54) is 6.08 Å². The van der Waals surface area contributed by atoms with Crippen LogP contribution in [0.15, 0.2) is 24.4 Å². The number of esters is 1. The number of hydrogen-bond acceptors (Lipinski definition) is 5. The molecule has 0 unspecified atom stereocenters. The maximum atomic E-state index is 11.9. The van der Waals surface area contributed by atoms with Gasteiger partial charge in [0, 0.05) is 6.08 Å². The number of ether oxygens (including phenoxy) is 1. The van der Waals surface area contributed by atoms with Gasteiger partial charge in [-0.25, -0.2) is 0 Å². The zero-order chi connectivity index (χ0) is 14.5. The van der Waals surface area contributed by atoms with Gasteiger partial charge in [0.05, 0.1) is 22.9 Å². The average Bonchev–Trinajstić information content (AvgIpc) is 2.37. The van der Waals surface area contributed by atoms with Crippen molar-refractivity contribution in [2.45, 2.75) is 26.2 Å². The molecule has 1 aromatic heterocycles. The third kappa shape index (κ3) is 3.87. The number of rotatable bonds is 5. The van der Waals surface area contributed by atoms with Crippen LogP contribution in [0.5, 0.6) is 0 Å². The number of nitro groups is 1. The van der Waals surface area contributed by atoms with Gasteiger partial charge in [-0.2, -0.15) is 0 Å². The Morgan fingerprint density at radius 3 is 2.79 bits per heavy atom. The monoisotopic (exact) mass is 264 g/mol. The van der Waals surface area contributed by atoms with Gasteiger partial charge in [-0.15, -0.1) is 0 Å². The fourth-order valence-corrected chi connectivity index (χ4v) is 1.45. The van der Waals surface area contributed by atoms with Crippen molar-refractivity contribution in [1.29, 1.82) is 0 Å². The van der Waals surface area contributed by atoms with Crippen LogP contribution in [0.25, 0.3) is 6.08 Å². The summed E-state index contributed by atoms with van der Waals surface area (Å²) in [5.41, 5.74) is 0.0390. The highest BCUT2D eigenvalue weighted by atomic mass is 16.6. The van der Waals surface area contributed by atoms with Crippen LogP contribution in [0.2, 0.25) is 0 Å². The molecule has 0 N–H and O–H groups in total. The van der Waals surface area contributed by atoms with Crippen LogP contribution < -0.4 is 0 Å². The van der Waals surface area contributed by atoms with Crippen LogP contribution in [0.4, 0.5) is 0 Å². The zero-order valence-corrected chi connectivity index (χ0v) is 11.1. The molecule has 6 nitrogen and oxygen atoms in total. The molecule has 0 saturated carbocycles. The predicted molar refractivity (Wildman–Crippen MR) is 69.9 cm³/mol.